The SMILES string of the molecule is Cc1noc(C)c1CN1CCN(C(=O)c2ccc3cc[nH]c3c2)CC1. The van der Waals surface area contributed by atoms with Crippen LogP contribution < -0.4 is 0 Å². The molecule has 1 saturated heterocycles. The number of amides is 1. The van der Waals surface area contributed by atoms with E-state index in [-0.39, 0.29) is 5.91 Å². The van der Waals surface area contributed by atoms with Gasteiger partial charge in [-0.2, -0.15) is 0 Å². The first-order chi connectivity index (χ1) is 12.1. The number of nitrogens with one attached hydrogen (secondary N) is 1. The number of H-pyrrole nitrogens is 1. The van der Waals surface area contributed by atoms with E-state index in [4.69, 9.17) is 4.52 Å². The van der Waals surface area contributed by atoms with Crippen LogP contribution in [0.25, 0.3) is 10.9 Å². The maximum Gasteiger partial charge on any atom is 0.254 e. The average Bonchev–Trinajstić information content (AvgIpc) is 3.22. The minimum atomic E-state index is 0.105. The van der Waals surface area contributed by atoms with Crippen molar-refractivity contribution in [1.82, 2.24) is 19.9 Å². The summed E-state index contributed by atoms with van der Waals surface area (Å²) in [6.07, 6.45) is 1.90. The van der Waals surface area contributed by atoms with Crippen LogP contribution in [0.4, 0.5) is 0 Å². The molecule has 0 atom stereocenters. The lowest BCUT2D eigenvalue weighted by molar-refractivity contribution is 0.0627. The zero-order valence-electron chi connectivity index (χ0n) is 14.6. The van der Waals surface area contributed by atoms with Crippen molar-refractivity contribution < 1.29 is 9.32 Å². The van der Waals surface area contributed by atoms with E-state index >= 15 is 0 Å². The number of nitrogens with zero attached hydrogens (tertiary/aromatic N) is 3. The van der Waals surface area contributed by atoms with E-state index in [2.05, 4.69) is 15.0 Å². The number of rotatable bonds is 3. The zero-order valence-corrected chi connectivity index (χ0v) is 14.6. The molecule has 0 bridgehead atoms. The van der Waals surface area contributed by atoms with Crippen molar-refractivity contribution in [3.63, 3.8) is 0 Å². The fourth-order valence-electron chi connectivity index (χ4n) is 3.42. The second-order valence-corrected chi connectivity index (χ2v) is 6.65. The fourth-order valence-corrected chi connectivity index (χ4v) is 3.42. The third-order valence-corrected chi connectivity index (χ3v) is 5.02. The highest BCUT2D eigenvalue weighted by Crippen LogP contribution is 2.19. The summed E-state index contributed by atoms with van der Waals surface area (Å²) in [5.41, 5.74) is 3.87. The number of hydrogen-bond acceptors (Lipinski definition) is 4. The highest BCUT2D eigenvalue weighted by molar-refractivity contribution is 5.98. The number of fused-ring (bicyclic) bond motifs is 1. The summed E-state index contributed by atoms with van der Waals surface area (Å²) in [7, 11) is 0. The van der Waals surface area contributed by atoms with E-state index in [9.17, 15) is 4.79 Å². The van der Waals surface area contributed by atoms with Gasteiger partial charge in [0.25, 0.3) is 5.91 Å². The summed E-state index contributed by atoms with van der Waals surface area (Å²) in [5, 5.41) is 5.14. The average molecular weight is 338 g/mol. The molecule has 6 heteroatoms. The predicted molar refractivity (Wildman–Crippen MR) is 95.5 cm³/mol. The Morgan fingerprint density at radius 3 is 2.72 bits per heavy atom. The van der Waals surface area contributed by atoms with Gasteiger partial charge in [-0.3, -0.25) is 9.69 Å². The first-order valence-corrected chi connectivity index (χ1v) is 8.62. The monoisotopic (exact) mass is 338 g/mol. The second kappa shape index (κ2) is 6.37. The van der Waals surface area contributed by atoms with E-state index in [0.29, 0.717) is 0 Å². The third-order valence-electron chi connectivity index (χ3n) is 5.02. The summed E-state index contributed by atoms with van der Waals surface area (Å²) in [6.45, 7) is 7.96. The Balaban J connectivity index is 1.40. The number of benzene rings is 1. The van der Waals surface area contributed by atoms with Crippen LogP contribution in [0.1, 0.15) is 27.4 Å². The predicted octanol–water partition coefficient (Wildman–Crippen LogP) is 2.73. The number of carbonyl (C=O) groups is 1. The molecule has 1 aliphatic rings. The summed E-state index contributed by atoms with van der Waals surface area (Å²) in [6, 6.07) is 7.85. The van der Waals surface area contributed by atoms with Crippen LogP contribution in [0.15, 0.2) is 35.0 Å². The zero-order chi connectivity index (χ0) is 17.4. The number of aryl methyl sites for hydroxylation is 2. The molecule has 3 heterocycles. The Hall–Kier alpha value is -2.60. The Bertz CT molecular complexity index is 884. The van der Waals surface area contributed by atoms with E-state index < -0.39 is 0 Å². The molecule has 3 aromatic rings. The normalized spacial score (nSPS) is 15.8. The van der Waals surface area contributed by atoms with Gasteiger partial charge in [0.05, 0.1) is 5.69 Å². The molecule has 2 aromatic heterocycles. The van der Waals surface area contributed by atoms with Crippen LogP contribution in [-0.4, -0.2) is 52.0 Å². The maximum absolute atomic E-state index is 12.8. The largest absolute Gasteiger partial charge is 0.361 e. The highest BCUT2D eigenvalue weighted by atomic mass is 16.5. The van der Waals surface area contributed by atoms with Gasteiger partial charge in [-0.05, 0) is 37.4 Å². The Labute approximate surface area is 146 Å². The molecule has 1 amide bonds. The summed E-state index contributed by atoms with van der Waals surface area (Å²) >= 11 is 0. The van der Waals surface area contributed by atoms with Crippen molar-refractivity contribution >= 4 is 16.8 Å². The lowest BCUT2D eigenvalue weighted by Gasteiger charge is -2.34. The summed E-state index contributed by atoms with van der Waals surface area (Å²) in [5.74, 6) is 0.990. The van der Waals surface area contributed by atoms with Gasteiger partial charge in [-0.1, -0.05) is 11.2 Å². The Morgan fingerprint density at radius 2 is 2.00 bits per heavy atom. The van der Waals surface area contributed by atoms with Gasteiger partial charge in [0.1, 0.15) is 5.76 Å². The maximum atomic E-state index is 12.8. The van der Waals surface area contributed by atoms with E-state index in [1.807, 2.05) is 49.2 Å². The standard InChI is InChI=1S/C19H22N4O2/c1-13-17(14(2)25-21-13)12-22-7-9-23(10-8-22)19(24)16-4-3-15-5-6-20-18(15)11-16/h3-6,11,20H,7-10,12H2,1-2H3. The first-order valence-electron chi connectivity index (χ1n) is 8.62. The first kappa shape index (κ1) is 15.9. The lowest BCUT2D eigenvalue weighted by atomic mass is 10.1. The molecule has 0 saturated carbocycles. The van der Waals surface area contributed by atoms with Gasteiger partial charge in [-0.25, -0.2) is 0 Å². The van der Waals surface area contributed by atoms with Crippen molar-refractivity contribution in [2.75, 3.05) is 26.2 Å². The summed E-state index contributed by atoms with van der Waals surface area (Å²) in [4.78, 5) is 20.2. The van der Waals surface area contributed by atoms with Crippen LogP contribution in [-0.2, 0) is 6.54 Å². The van der Waals surface area contributed by atoms with Crippen molar-refractivity contribution in [2.24, 2.45) is 0 Å². The number of hydrogen-bond donors (Lipinski definition) is 1. The molecule has 0 spiro atoms. The number of carbonyl (C=O) groups excluding carboxylic acids is 1. The van der Waals surface area contributed by atoms with Gasteiger partial charge in [0.15, 0.2) is 0 Å². The van der Waals surface area contributed by atoms with E-state index in [0.717, 1.165) is 66.2 Å². The van der Waals surface area contributed by atoms with Gasteiger partial charge in [0, 0.05) is 55.6 Å². The van der Waals surface area contributed by atoms with E-state index in [1.165, 1.54) is 0 Å². The summed E-state index contributed by atoms with van der Waals surface area (Å²) < 4.78 is 5.24. The van der Waals surface area contributed by atoms with Crippen LogP contribution in [0, 0.1) is 13.8 Å². The van der Waals surface area contributed by atoms with Gasteiger partial charge >= 0.3 is 0 Å². The third kappa shape index (κ3) is 3.05. The lowest BCUT2D eigenvalue weighted by Crippen LogP contribution is -2.48. The molecule has 0 aliphatic carbocycles. The second-order valence-electron chi connectivity index (χ2n) is 6.65. The quantitative estimate of drug-likeness (QED) is 0.797. The van der Waals surface area contributed by atoms with Crippen LogP contribution in [0.5, 0.6) is 0 Å². The van der Waals surface area contributed by atoms with Gasteiger partial charge in [-0.15, -0.1) is 0 Å². The molecule has 1 N–H and O–H groups in total. The van der Waals surface area contributed by atoms with Crippen LogP contribution >= 0.6 is 0 Å². The highest BCUT2D eigenvalue weighted by Gasteiger charge is 2.23. The molecular formula is C19H22N4O2. The van der Waals surface area contributed by atoms with E-state index in [1.54, 1.807) is 0 Å². The molecule has 0 radical (unpaired) electrons. The molecule has 6 nitrogen and oxygen atoms in total. The fraction of sp³-hybridized carbons (Fsp3) is 0.368. The number of piperazine rings is 1. The molecule has 1 aromatic carbocycles. The van der Waals surface area contributed by atoms with Crippen molar-refractivity contribution in [2.45, 2.75) is 20.4 Å². The van der Waals surface area contributed by atoms with Gasteiger partial charge in [0.2, 0.25) is 0 Å². The molecule has 4 rings (SSSR count). The van der Waals surface area contributed by atoms with Crippen molar-refractivity contribution in [3.05, 3.63) is 53.0 Å². The molecule has 1 aliphatic heterocycles. The molecular weight excluding hydrogens is 316 g/mol. The topological polar surface area (TPSA) is 65.4 Å². The molecule has 1 fully saturated rings. The molecule has 0 unspecified atom stereocenters. The number of aromatic nitrogens is 2. The van der Waals surface area contributed by atoms with Gasteiger partial charge < -0.3 is 14.4 Å². The smallest absolute Gasteiger partial charge is 0.254 e. The van der Waals surface area contributed by atoms with Crippen LogP contribution in [0.3, 0.4) is 0 Å². The molecule has 25 heavy (non-hydrogen) atoms. The van der Waals surface area contributed by atoms with Crippen molar-refractivity contribution in [3.8, 4) is 0 Å². The van der Waals surface area contributed by atoms with Crippen molar-refractivity contribution in [1.29, 1.82) is 0 Å². The number of aromatic amines is 1. The Kier molecular flexibility index (Phi) is 4.05. The minimum absolute atomic E-state index is 0.105. The molecule has 130 valence electrons. The Morgan fingerprint density at radius 1 is 1.20 bits per heavy atom. The minimum Gasteiger partial charge on any atom is -0.361 e. The van der Waals surface area contributed by atoms with Crippen LogP contribution in [0.2, 0.25) is 0 Å².